The molecule has 0 saturated heterocycles. The molecule has 0 aliphatic rings. The van der Waals surface area contributed by atoms with Crippen LogP contribution in [0.1, 0.15) is 53.4 Å². The lowest BCUT2D eigenvalue weighted by atomic mass is 10.0. The Labute approximate surface area is 130 Å². The average Bonchev–Trinajstić information content (AvgIpc) is 2.21. The lowest BCUT2D eigenvalue weighted by molar-refractivity contribution is 0.160. The van der Waals surface area contributed by atoms with E-state index in [-0.39, 0.29) is 5.22 Å². The van der Waals surface area contributed by atoms with E-state index in [0.29, 0.717) is 5.04 Å². The fourth-order valence-corrected chi connectivity index (χ4v) is 6.44. The van der Waals surface area contributed by atoms with Crippen molar-refractivity contribution in [2.75, 3.05) is 6.54 Å². The van der Waals surface area contributed by atoms with Crippen molar-refractivity contribution >= 4 is 16.4 Å². The number of hydrogen-bond donors (Lipinski definition) is 1. The Morgan fingerprint density at radius 3 is 1.75 bits per heavy atom. The Kier molecular flexibility index (Phi) is 7.20. The maximum atomic E-state index is 6.79. The van der Waals surface area contributed by atoms with Crippen LogP contribution in [0.25, 0.3) is 0 Å². The van der Waals surface area contributed by atoms with Crippen LogP contribution < -0.4 is 5.73 Å². The van der Waals surface area contributed by atoms with Crippen LogP contribution in [0.4, 0.5) is 0 Å². The highest BCUT2D eigenvalue weighted by molar-refractivity contribution is 6.81. The third kappa shape index (κ3) is 5.62. The van der Waals surface area contributed by atoms with Crippen molar-refractivity contribution in [3.63, 3.8) is 0 Å². The zero-order valence-electron chi connectivity index (χ0n) is 15.5. The minimum atomic E-state index is -1.73. The molecular weight excluding hydrogens is 278 g/mol. The summed E-state index contributed by atoms with van der Waals surface area (Å²) in [5, 5.41) is 0.371. The zero-order valence-corrected chi connectivity index (χ0v) is 17.5. The smallest absolute Gasteiger partial charge is 0.192 e. The van der Waals surface area contributed by atoms with E-state index >= 15 is 0 Å². The fourth-order valence-electron chi connectivity index (χ4n) is 2.12. The monoisotopic (exact) mass is 317 g/mol. The van der Waals surface area contributed by atoms with E-state index in [1.807, 2.05) is 0 Å². The lowest BCUT2D eigenvalue weighted by Crippen LogP contribution is -2.57. The summed E-state index contributed by atoms with van der Waals surface area (Å²) in [6, 6.07) is 0. The topological polar surface area (TPSA) is 35.2 Å². The standard InChI is InChI=1S/C16H39NOSi2/c1-15(2,13-11-10-12-14-17)20(8,9)18-16(3,4)19(5,6)7/h10-14,17H2,1-9H3. The van der Waals surface area contributed by atoms with Gasteiger partial charge in [-0.3, -0.25) is 0 Å². The molecule has 20 heavy (non-hydrogen) atoms. The first-order valence-electron chi connectivity index (χ1n) is 8.17. The summed E-state index contributed by atoms with van der Waals surface area (Å²) >= 11 is 0. The molecule has 0 unspecified atom stereocenters. The minimum absolute atomic E-state index is 0.0528. The molecule has 0 atom stereocenters. The first-order valence-corrected chi connectivity index (χ1v) is 14.6. The second-order valence-corrected chi connectivity index (χ2v) is 19.1. The summed E-state index contributed by atoms with van der Waals surface area (Å²) in [5.74, 6) is 0. The molecule has 122 valence electrons. The SMILES string of the molecule is CC(C)(O[Si](C)(C)C(C)(C)CCCCCN)[Si](C)(C)C. The van der Waals surface area contributed by atoms with Gasteiger partial charge in [0.15, 0.2) is 8.32 Å². The van der Waals surface area contributed by atoms with Crippen molar-refractivity contribution in [1.82, 2.24) is 0 Å². The summed E-state index contributed by atoms with van der Waals surface area (Å²) < 4.78 is 6.79. The quantitative estimate of drug-likeness (QED) is 0.470. The largest absolute Gasteiger partial charge is 0.415 e. The number of hydrogen-bond acceptors (Lipinski definition) is 2. The molecular formula is C16H39NOSi2. The molecule has 0 aliphatic carbocycles. The molecule has 0 radical (unpaired) electrons. The fraction of sp³-hybridized carbons (Fsp3) is 1.00. The highest BCUT2D eigenvalue weighted by Gasteiger charge is 2.47. The first kappa shape index (κ1) is 20.4. The van der Waals surface area contributed by atoms with E-state index in [9.17, 15) is 0 Å². The van der Waals surface area contributed by atoms with Gasteiger partial charge < -0.3 is 10.2 Å². The molecule has 2 nitrogen and oxygen atoms in total. The Morgan fingerprint density at radius 2 is 1.35 bits per heavy atom. The van der Waals surface area contributed by atoms with Crippen molar-refractivity contribution in [1.29, 1.82) is 0 Å². The third-order valence-electron chi connectivity index (χ3n) is 5.45. The Hall–Kier alpha value is 0.354. The highest BCUT2D eigenvalue weighted by Crippen LogP contribution is 2.45. The summed E-state index contributed by atoms with van der Waals surface area (Å²) in [4.78, 5) is 0. The van der Waals surface area contributed by atoms with Crippen LogP contribution in [0.2, 0.25) is 37.8 Å². The van der Waals surface area contributed by atoms with Gasteiger partial charge in [-0.15, -0.1) is 0 Å². The molecule has 2 N–H and O–H groups in total. The van der Waals surface area contributed by atoms with Gasteiger partial charge in [-0.2, -0.15) is 0 Å². The van der Waals surface area contributed by atoms with Gasteiger partial charge in [0.2, 0.25) is 0 Å². The average molecular weight is 318 g/mol. The molecule has 0 spiro atoms. The van der Waals surface area contributed by atoms with Crippen molar-refractivity contribution in [3.8, 4) is 0 Å². The molecule has 0 amide bonds. The van der Waals surface area contributed by atoms with E-state index < -0.39 is 16.4 Å². The minimum Gasteiger partial charge on any atom is -0.415 e. The third-order valence-corrected chi connectivity index (χ3v) is 13.9. The van der Waals surface area contributed by atoms with Gasteiger partial charge in [0.1, 0.15) is 0 Å². The summed E-state index contributed by atoms with van der Waals surface area (Å²) in [6.07, 6.45) is 4.94. The van der Waals surface area contributed by atoms with Crippen LogP contribution in [0, 0.1) is 0 Å². The predicted octanol–water partition coefficient (Wildman–Crippen LogP) is 5.16. The van der Waals surface area contributed by atoms with Gasteiger partial charge in [0.05, 0.1) is 8.07 Å². The molecule has 0 aliphatic heterocycles. The van der Waals surface area contributed by atoms with Gasteiger partial charge in [-0.1, -0.05) is 46.3 Å². The van der Waals surface area contributed by atoms with Gasteiger partial charge in [-0.25, -0.2) is 0 Å². The van der Waals surface area contributed by atoms with Crippen LogP contribution in [0.3, 0.4) is 0 Å². The molecule has 0 bridgehead atoms. The van der Waals surface area contributed by atoms with Crippen LogP contribution >= 0.6 is 0 Å². The van der Waals surface area contributed by atoms with Gasteiger partial charge in [0.25, 0.3) is 0 Å². The van der Waals surface area contributed by atoms with Crippen molar-refractivity contribution in [2.24, 2.45) is 5.73 Å². The van der Waals surface area contributed by atoms with Crippen molar-refractivity contribution < 1.29 is 4.43 Å². The Bertz CT molecular complexity index is 293. The molecule has 0 saturated carbocycles. The van der Waals surface area contributed by atoms with E-state index in [4.69, 9.17) is 10.2 Å². The van der Waals surface area contributed by atoms with Gasteiger partial charge >= 0.3 is 0 Å². The van der Waals surface area contributed by atoms with E-state index in [0.717, 1.165) is 13.0 Å². The van der Waals surface area contributed by atoms with Crippen molar-refractivity contribution in [2.45, 2.75) is 96.4 Å². The van der Waals surface area contributed by atoms with Crippen LogP contribution in [0.5, 0.6) is 0 Å². The molecule has 0 aromatic heterocycles. The molecule has 0 rings (SSSR count). The summed E-state index contributed by atoms with van der Waals surface area (Å²) in [7, 11) is -3.05. The Morgan fingerprint density at radius 1 is 0.850 bits per heavy atom. The zero-order chi connectivity index (χ0) is 16.2. The van der Waals surface area contributed by atoms with E-state index in [1.165, 1.54) is 19.3 Å². The van der Waals surface area contributed by atoms with Crippen molar-refractivity contribution in [3.05, 3.63) is 0 Å². The maximum Gasteiger partial charge on any atom is 0.192 e. The first-order chi connectivity index (χ1) is 8.77. The number of unbranched alkanes of at least 4 members (excludes halogenated alkanes) is 2. The highest BCUT2D eigenvalue weighted by atomic mass is 28.4. The molecule has 0 aromatic rings. The second kappa shape index (κ2) is 7.08. The van der Waals surface area contributed by atoms with Gasteiger partial charge in [0, 0.05) is 5.22 Å². The molecule has 0 heterocycles. The maximum absolute atomic E-state index is 6.79. The number of nitrogens with two attached hydrogens (primary N) is 1. The predicted molar refractivity (Wildman–Crippen MR) is 97.6 cm³/mol. The molecule has 4 heteroatoms. The number of rotatable bonds is 9. The van der Waals surface area contributed by atoms with Gasteiger partial charge in [-0.05, 0) is 51.4 Å². The van der Waals surface area contributed by atoms with E-state index in [2.05, 4.69) is 60.4 Å². The van der Waals surface area contributed by atoms with E-state index in [1.54, 1.807) is 0 Å². The summed E-state index contributed by atoms with van der Waals surface area (Å²) in [5.41, 5.74) is 5.58. The second-order valence-electron chi connectivity index (χ2n) is 8.86. The Balaban J connectivity index is 4.76. The van der Waals surface area contributed by atoms with Crippen LogP contribution in [0.15, 0.2) is 0 Å². The molecule has 0 fully saturated rings. The summed E-state index contributed by atoms with van der Waals surface area (Å²) in [6.45, 7) is 22.3. The van der Waals surface area contributed by atoms with Crippen LogP contribution in [-0.2, 0) is 4.43 Å². The van der Waals surface area contributed by atoms with Crippen LogP contribution in [-0.4, -0.2) is 28.2 Å². The normalized spacial score (nSPS) is 14.7. The molecule has 0 aromatic carbocycles. The lowest BCUT2D eigenvalue weighted by Gasteiger charge is -2.49.